The maximum atomic E-state index is 10.6. The van der Waals surface area contributed by atoms with Crippen LogP contribution in [-0.2, 0) is 4.79 Å². The van der Waals surface area contributed by atoms with Crippen LogP contribution in [0.5, 0.6) is 0 Å². The minimum absolute atomic E-state index is 0.0104. The van der Waals surface area contributed by atoms with Crippen LogP contribution in [0.3, 0.4) is 0 Å². The fourth-order valence-electron chi connectivity index (χ4n) is 1.99. The van der Waals surface area contributed by atoms with Crippen molar-refractivity contribution in [2.75, 3.05) is 0 Å². The summed E-state index contributed by atoms with van der Waals surface area (Å²) in [6.45, 7) is 6.54. The van der Waals surface area contributed by atoms with Crippen molar-refractivity contribution in [3.63, 3.8) is 0 Å². The molecule has 1 heteroatoms. The summed E-state index contributed by atoms with van der Waals surface area (Å²) in [4.78, 5) is 10.6. The quantitative estimate of drug-likeness (QED) is 0.511. The smallest absolute Gasteiger partial charge is 0.125 e. The molecule has 1 saturated carbocycles. The van der Waals surface area contributed by atoms with E-state index in [2.05, 4.69) is 20.8 Å². The Bertz CT molecular complexity index is 149. The van der Waals surface area contributed by atoms with Crippen LogP contribution in [0.4, 0.5) is 0 Å². The second kappa shape index (κ2) is 2.08. The van der Waals surface area contributed by atoms with Gasteiger partial charge in [0.2, 0.25) is 0 Å². The van der Waals surface area contributed by atoms with Gasteiger partial charge in [-0.25, -0.2) is 0 Å². The van der Waals surface area contributed by atoms with E-state index in [-0.39, 0.29) is 5.41 Å². The molecule has 1 rings (SSSR count). The van der Waals surface area contributed by atoms with Gasteiger partial charge in [-0.1, -0.05) is 20.8 Å². The van der Waals surface area contributed by atoms with Gasteiger partial charge >= 0.3 is 0 Å². The van der Waals surface area contributed by atoms with Crippen molar-refractivity contribution in [1.82, 2.24) is 0 Å². The summed E-state index contributed by atoms with van der Waals surface area (Å²) in [5.74, 6) is 0. The molecule has 0 aromatic heterocycles. The average molecular weight is 140 g/mol. The van der Waals surface area contributed by atoms with Gasteiger partial charge in [-0.3, -0.25) is 0 Å². The maximum absolute atomic E-state index is 10.6. The Morgan fingerprint density at radius 2 is 1.80 bits per heavy atom. The average Bonchev–Trinajstić information content (AvgIpc) is 2.08. The summed E-state index contributed by atoms with van der Waals surface area (Å²) in [6.07, 6.45) is 4.46. The minimum atomic E-state index is -0.0104. The number of aldehydes is 1. The maximum Gasteiger partial charge on any atom is 0.125 e. The number of hydrogen-bond acceptors (Lipinski definition) is 1. The Morgan fingerprint density at radius 1 is 1.20 bits per heavy atom. The topological polar surface area (TPSA) is 17.1 Å². The number of hydrogen-bond donors (Lipinski definition) is 0. The Labute approximate surface area is 62.8 Å². The van der Waals surface area contributed by atoms with E-state index in [1.165, 1.54) is 6.42 Å². The van der Waals surface area contributed by atoms with Gasteiger partial charge in [-0.15, -0.1) is 0 Å². The summed E-state index contributed by atoms with van der Waals surface area (Å²) < 4.78 is 0. The predicted molar refractivity (Wildman–Crippen MR) is 41.8 cm³/mol. The molecule has 1 aliphatic rings. The van der Waals surface area contributed by atoms with Gasteiger partial charge < -0.3 is 4.79 Å². The van der Waals surface area contributed by atoms with E-state index in [1.807, 2.05) is 0 Å². The molecule has 0 N–H and O–H groups in total. The highest BCUT2D eigenvalue weighted by molar-refractivity contribution is 5.59. The third kappa shape index (κ3) is 1.39. The SMILES string of the molecule is CC1(C)CCC(C)(C=O)C1. The van der Waals surface area contributed by atoms with Gasteiger partial charge in [0.1, 0.15) is 6.29 Å². The molecule has 0 heterocycles. The van der Waals surface area contributed by atoms with E-state index in [0.717, 1.165) is 19.1 Å². The summed E-state index contributed by atoms with van der Waals surface area (Å²) in [7, 11) is 0. The van der Waals surface area contributed by atoms with Crippen LogP contribution in [0.2, 0.25) is 0 Å². The lowest BCUT2D eigenvalue weighted by molar-refractivity contribution is -0.115. The Morgan fingerprint density at radius 3 is 2.00 bits per heavy atom. The van der Waals surface area contributed by atoms with Crippen molar-refractivity contribution in [2.45, 2.75) is 40.0 Å². The fraction of sp³-hybridized carbons (Fsp3) is 0.889. The van der Waals surface area contributed by atoms with Crippen LogP contribution in [0.25, 0.3) is 0 Å². The van der Waals surface area contributed by atoms with Crippen LogP contribution in [0.15, 0.2) is 0 Å². The van der Waals surface area contributed by atoms with Crippen LogP contribution < -0.4 is 0 Å². The third-order valence-corrected chi connectivity index (χ3v) is 2.54. The highest BCUT2D eigenvalue weighted by Gasteiger charge is 2.39. The monoisotopic (exact) mass is 140 g/mol. The molecule has 1 unspecified atom stereocenters. The first-order valence-electron chi connectivity index (χ1n) is 3.94. The Kier molecular flexibility index (Phi) is 1.61. The molecule has 10 heavy (non-hydrogen) atoms. The lowest BCUT2D eigenvalue weighted by Crippen LogP contribution is -2.15. The molecule has 0 aliphatic heterocycles. The molecule has 0 bridgehead atoms. The van der Waals surface area contributed by atoms with Crippen LogP contribution in [0, 0.1) is 10.8 Å². The van der Waals surface area contributed by atoms with E-state index >= 15 is 0 Å². The van der Waals surface area contributed by atoms with Gasteiger partial charge in [-0.2, -0.15) is 0 Å². The van der Waals surface area contributed by atoms with Crippen molar-refractivity contribution in [1.29, 1.82) is 0 Å². The Hall–Kier alpha value is -0.330. The van der Waals surface area contributed by atoms with E-state index in [9.17, 15) is 4.79 Å². The van der Waals surface area contributed by atoms with Crippen molar-refractivity contribution in [3.8, 4) is 0 Å². The van der Waals surface area contributed by atoms with Gasteiger partial charge in [-0.05, 0) is 24.7 Å². The second-order valence-electron chi connectivity index (χ2n) is 4.61. The molecule has 58 valence electrons. The summed E-state index contributed by atoms with van der Waals surface area (Å²) in [6, 6.07) is 0. The van der Waals surface area contributed by atoms with E-state index in [1.54, 1.807) is 0 Å². The summed E-state index contributed by atoms with van der Waals surface area (Å²) in [5, 5.41) is 0. The fourth-order valence-corrected chi connectivity index (χ4v) is 1.99. The molecule has 1 atom stereocenters. The standard InChI is InChI=1S/C9H16O/c1-8(2)4-5-9(3,6-8)7-10/h7H,4-6H2,1-3H3. The predicted octanol–water partition coefficient (Wildman–Crippen LogP) is 2.40. The lowest BCUT2D eigenvalue weighted by Gasteiger charge is -2.19. The normalized spacial score (nSPS) is 37.9. The molecule has 0 radical (unpaired) electrons. The molecular formula is C9H16O. The van der Waals surface area contributed by atoms with Crippen molar-refractivity contribution >= 4 is 6.29 Å². The number of rotatable bonds is 1. The molecule has 0 aromatic carbocycles. The largest absolute Gasteiger partial charge is 0.303 e. The van der Waals surface area contributed by atoms with Crippen LogP contribution >= 0.6 is 0 Å². The molecular weight excluding hydrogens is 124 g/mol. The molecule has 1 aliphatic carbocycles. The summed E-state index contributed by atoms with van der Waals surface area (Å²) >= 11 is 0. The van der Waals surface area contributed by atoms with Crippen molar-refractivity contribution in [2.24, 2.45) is 10.8 Å². The van der Waals surface area contributed by atoms with Gasteiger partial charge in [0.05, 0.1) is 0 Å². The summed E-state index contributed by atoms with van der Waals surface area (Å²) in [5.41, 5.74) is 0.388. The first-order valence-corrected chi connectivity index (χ1v) is 3.94. The zero-order chi connectivity index (χ0) is 7.83. The lowest BCUT2D eigenvalue weighted by atomic mass is 9.84. The molecule has 0 amide bonds. The zero-order valence-electron chi connectivity index (χ0n) is 7.11. The van der Waals surface area contributed by atoms with E-state index in [0.29, 0.717) is 5.41 Å². The second-order valence-corrected chi connectivity index (χ2v) is 4.61. The third-order valence-electron chi connectivity index (χ3n) is 2.54. The Balaban J connectivity index is 2.66. The molecule has 0 saturated heterocycles. The molecule has 0 spiro atoms. The van der Waals surface area contributed by atoms with Gasteiger partial charge in [0, 0.05) is 5.41 Å². The molecule has 1 nitrogen and oxygen atoms in total. The highest BCUT2D eigenvalue weighted by Crippen LogP contribution is 2.47. The number of carbonyl (C=O) groups is 1. The van der Waals surface area contributed by atoms with Crippen molar-refractivity contribution < 1.29 is 4.79 Å². The van der Waals surface area contributed by atoms with Gasteiger partial charge in [0.15, 0.2) is 0 Å². The first-order chi connectivity index (χ1) is 4.47. The van der Waals surface area contributed by atoms with Crippen LogP contribution in [0.1, 0.15) is 40.0 Å². The molecule has 1 fully saturated rings. The van der Waals surface area contributed by atoms with E-state index in [4.69, 9.17) is 0 Å². The van der Waals surface area contributed by atoms with E-state index < -0.39 is 0 Å². The van der Waals surface area contributed by atoms with Crippen LogP contribution in [-0.4, -0.2) is 6.29 Å². The molecule has 0 aromatic rings. The zero-order valence-corrected chi connectivity index (χ0v) is 7.11. The van der Waals surface area contributed by atoms with Crippen molar-refractivity contribution in [3.05, 3.63) is 0 Å². The minimum Gasteiger partial charge on any atom is -0.303 e. The number of carbonyl (C=O) groups excluding carboxylic acids is 1. The highest BCUT2D eigenvalue weighted by atomic mass is 16.1. The van der Waals surface area contributed by atoms with Gasteiger partial charge in [0.25, 0.3) is 0 Å². The first kappa shape index (κ1) is 7.77.